The van der Waals surface area contributed by atoms with E-state index < -0.39 is 10.0 Å². The van der Waals surface area contributed by atoms with E-state index >= 15 is 0 Å². The van der Waals surface area contributed by atoms with Gasteiger partial charge in [0, 0.05) is 17.6 Å². The summed E-state index contributed by atoms with van der Waals surface area (Å²) in [5.41, 5.74) is 0.776. The van der Waals surface area contributed by atoms with Crippen molar-refractivity contribution in [1.82, 2.24) is 4.72 Å². The Bertz CT molecular complexity index is 481. The zero-order valence-corrected chi connectivity index (χ0v) is 12.3. The Hall–Kier alpha value is -0.430. The molecule has 4 nitrogen and oxygen atoms in total. The molecule has 1 heterocycles. The monoisotopic (exact) mass is 333 g/mol. The minimum absolute atomic E-state index is 0.00694. The van der Waals surface area contributed by atoms with Crippen molar-refractivity contribution < 1.29 is 13.2 Å². The molecule has 1 fully saturated rings. The van der Waals surface area contributed by atoms with Crippen molar-refractivity contribution in [2.24, 2.45) is 0 Å². The lowest BCUT2D eigenvalue weighted by molar-refractivity contribution is 0.114. The summed E-state index contributed by atoms with van der Waals surface area (Å²) in [5.74, 6) is 0.00694. The molecule has 2 rings (SSSR count). The maximum Gasteiger partial charge on any atom is 0.215 e. The topological polar surface area (TPSA) is 55.4 Å². The fraction of sp³-hybridized carbons (Fsp3) is 0.500. The predicted octanol–water partition coefficient (Wildman–Crippen LogP) is 2.05. The molecule has 1 N–H and O–H groups in total. The Kier molecular flexibility index (Phi) is 4.77. The predicted molar refractivity (Wildman–Crippen MR) is 73.7 cm³/mol. The molecule has 100 valence electrons. The van der Waals surface area contributed by atoms with Gasteiger partial charge in [0.05, 0.1) is 11.9 Å². The highest BCUT2D eigenvalue weighted by Gasteiger charge is 2.19. The maximum absolute atomic E-state index is 11.9. The lowest BCUT2D eigenvalue weighted by Crippen LogP contribution is -2.32. The normalized spacial score (nSPS) is 20.2. The molecule has 1 unspecified atom stereocenters. The highest BCUT2D eigenvalue weighted by molar-refractivity contribution is 9.10. The van der Waals surface area contributed by atoms with Crippen molar-refractivity contribution in [2.75, 3.05) is 13.2 Å². The third-order valence-corrected chi connectivity index (χ3v) is 4.67. The molecule has 0 radical (unpaired) electrons. The number of benzene rings is 1. The van der Waals surface area contributed by atoms with E-state index in [0.717, 1.165) is 29.5 Å². The van der Waals surface area contributed by atoms with Crippen LogP contribution >= 0.6 is 15.9 Å². The van der Waals surface area contributed by atoms with Crippen LogP contribution in [-0.2, 0) is 20.5 Å². The molecule has 1 aromatic carbocycles. The van der Waals surface area contributed by atoms with E-state index in [-0.39, 0.29) is 11.9 Å². The van der Waals surface area contributed by atoms with Crippen LogP contribution in [0.5, 0.6) is 0 Å². The van der Waals surface area contributed by atoms with Gasteiger partial charge in [-0.15, -0.1) is 0 Å². The van der Waals surface area contributed by atoms with Crippen molar-refractivity contribution in [3.8, 4) is 0 Å². The van der Waals surface area contributed by atoms with Crippen molar-refractivity contribution >= 4 is 26.0 Å². The van der Waals surface area contributed by atoms with Crippen LogP contribution in [0.1, 0.15) is 18.4 Å². The van der Waals surface area contributed by atoms with Gasteiger partial charge in [0.2, 0.25) is 10.0 Å². The smallest absolute Gasteiger partial charge is 0.215 e. The molecule has 1 aliphatic heterocycles. The van der Waals surface area contributed by atoms with Gasteiger partial charge in [0.1, 0.15) is 0 Å². The van der Waals surface area contributed by atoms with Crippen LogP contribution in [-0.4, -0.2) is 27.7 Å². The quantitative estimate of drug-likeness (QED) is 0.897. The second-order valence-corrected chi connectivity index (χ2v) is 7.09. The van der Waals surface area contributed by atoms with E-state index in [2.05, 4.69) is 20.7 Å². The fourth-order valence-electron chi connectivity index (χ4n) is 1.88. The van der Waals surface area contributed by atoms with Gasteiger partial charge in [-0.3, -0.25) is 0 Å². The van der Waals surface area contributed by atoms with Crippen LogP contribution in [0, 0.1) is 0 Å². The molecule has 1 aromatic rings. The second kappa shape index (κ2) is 6.14. The number of hydrogen-bond acceptors (Lipinski definition) is 3. The minimum Gasteiger partial charge on any atom is -0.377 e. The first-order chi connectivity index (χ1) is 8.55. The van der Waals surface area contributed by atoms with Gasteiger partial charge in [0.15, 0.2) is 0 Å². The summed E-state index contributed by atoms with van der Waals surface area (Å²) in [5, 5.41) is 0. The zero-order chi connectivity index (χ0) is 13.0. The number of halogens is 1. The van der Waals surface area contributed by atoms with Gasteiger partial charge in [-0.2, -0.15) is 0 Å². The maximum atomic E-state index is 11.9. The highest BCUT2D eigenvalue weighted by atomic mass is 79.9. The molecule has 18 heavy (non-hydrogen) atoms. The minimum atomic E-state index is -3.28. The van der Waals surface area contributed by atoms with E-state index in [1.165, 1.54) is 0 Å². The molecular weight excluding hydrogens is 318 g/mol. The Balaban J connectivity index is 1.88. The van der Waals surface area contributed by atoms with Gasteiger partial charge in [-0.25, -0.2) is 13.1 Å². The van der Waals surface area contributed by atoms with Gasteiger partial charge in [-0.05, 0) is 30.5 Å². The van der Waals surface area contributed by atoms with Crippen LogP contribution in [0.3, 0.4) is 0 Å². The summed E-state index contributed by atoms with van der Waals surface area (Å²) in [7, 11) is -3.28. The molecule has 0 aliphatic carbocycles. The molecule has 6 heteroatoms. The first kappa shape index (κ1) is 14.0. The summed E-state index contributed by atoms with van der Waals surface area (Å²) >= 11 is 3.32. The van der Waals surface area contributed by atoms with E-state index in [1.807, 2.05) is 12.1 Å². The fourth-order valence-corrected chi connectivity index (χ4v) is 3.31. The Morgan fingerprint density at radius 3 is 2.67 bits per heavy atom. The molecular formula is C12H16BrNO3S. The summed E-state index contributed by atoms with van der Waals surface area (Å²) in [6.45, 7) is 1.11. The molecule has 0 saturated carbocycles. The van der Waals surface area contributed by atoms with E-state index in [9.17, 15) is 8.42 Å². The van der Waals surface area contributed by atoms with Crippen LogP contribution in [0.25, 0.3) is 0 Å². The van der Waals surface area contributed by atoms with Crippen molar-refractivity contribution in [1.29, 1.82) is 0 Å². The number of hydrogen-bond donors (Lipinski definition) is 1. The van der Waals surface area contributed by atoms with Gasteiger partial charge in [0.25, 0.3) is 0 Å². The average Bonchev–Trinajstić information content (AvgIpc) is 2.83. The number of sulfonamides is 1. The summed E-state index contributed by atoms with van der Waals surface area (Å²) < 4.78 is 32.6. The molecule has 1 atom stereocenters. The molecule has 0 amide bonds. The third kappa shape index (κ3) is 4.35. The van der Waals surface area contributed by atoms with E-state index in [1.54, 1.807) is 12.1 Å². The van der Waals surface area contributed by atoms with Gasteiger partial charge < -0.3 is 4.74 Å². The van der Waals surface area contributed by atoms with Crippen LogP contribution in [0.15, 0.2) is 28.7 Å². The first-order valence-electron chi connectivity index (χ1n) is 5.88. The Labute approximate surface area is 116 Å². The lowest BCUT2D eigenvalue weighted by Gasteiger charge is -2.11. The molecule has 1 aliphatic rings. The van der Waals surface area contributed by atoms with Gasteiger partial charge >= 0.3 is 0 Å². The number of rotatable bonds is 5. The molecule has 0 spiro atoms. The molecule has 0 aromatic heterocycles. The van der Waals surface area contributed by atoms with E-state index in [0.29, 0.717) is 6.54 Å². The van der Waals surface area contributed by atoms with Crippen LogP contribution in [0.4, 0.5) is 0 Å². The van der Waals surface area contributed by atoms with Crippen molar-refractivity contribution in [3.63, 3.8) is 0 Å². The first-order valence-corrected chi connectivity index (χ1v) is 8.33. The standard InChI is InChI=1S/C12H16BrNO3S/c13-11-5-3-10(4-6-11)9-18(15,16)14-8-12-2-1-7-17-12/h3-6,12,14H,1-2,7-9H2. The number of nitrogens with one attached hydrogen (secondary N) is 1. The van der Waals surface area contributed by atoms with Crippen molar-refractivity contribution in [3.05, 3.63) is 34.3 Å². The molecule has 0 bridgehead atoms. The average molecular weight is 334 g/mol. The van der Waals surface area contributed by atoms with Crippen molar-refractivity contribution in [2.45, 2.75) is 24.7 Å². The zero-order valence-electron chi connectivity index (χ0n) is 9.93. The van der Waals surface area contributed by atoms with E-state index in [4.69, 9.17) is 4.74 Å². The SMILES string of the molecule is O=S(=O)(Cc1ccc(Br)cc1)NCC1CCCO1. The lowest BCUT2D eigenvalue weighted by atomic mass is 10.2. The Morgan fingerprint density at radius 1 is 1.33 bits per heavy atom. The van der Waals surface area contributed by atoms with Gasteiger partial charge in [-0.1, -0.05) is 28.1 Å². The van der Waals surface area contributed by atoms with Crippen LogP contribution < -0.4 is 4.72 Å². The summed E-state index contributed by atoms with van der Waals surface area (Å²) in [6.07, 6.45) is 1.98. The largest absolute Gasteiger partial charge is 0.377 e. The highest BCUT2D eigenvalue weighted by Crippen LogP contribution is 2.14. The number of ether oxygens (including phenoxy) is 1. The third-order valence-electron chi connectivity index (χ3n) is 2.82. The van der Waals surface area contributed by atoms with Crippen LogP contribution in [0.2, 0.25) is 0 Å². The summed E-state index contributed by atoms with van der Waals surface area (Å²) in [6, 6.07) is 7.28. The summed E-state index contributed by atoms with van der Waals surface area (Å²) in [4.78, 5) is 0. The molecule has 1 saturated heterocycles. The Morgan fingerprint density at radius 2 is 2.06 bits per heavy atom. The second-order valence-electron chi connectivity index (χ2n) is 4.37.